The number of nitrogens with zero attached hydrogens (tertiary/aromatic N) is 2. The Labute approximate surface area is 147 Å². The maximum Gasteiger partial charge on any atom is 0.104 e. The fraction of sp³-hybridized carbons (Fsp3) is 0.588. The number of hydrogen-bond acceptors (Lipinski definition) is 4. The van der Waals surface area contributed by atoms with E-state index in [0.29, 0.717) is 12.6 Å². The molecule has 0 radical (unpaired) electrons. The minimum atomic E-state index is 0.326. The fourth-order valence-corrected chi connectivity index (χ4v) is 4.76. The first-order valence-corrected chi connectivity index (χ1v) is 9.61. The fourth-order valence-electron chi connectivity index (χ4n) is 3.49. The number of aryl methyl sites for hydroxylation is 1. The van der Waals surface area contributed by atoms with Crippen LogP contribution in [-0.4, -0.2) is 22.4 Å². The van der Waals surface area contributed by atoms with Crippen LogP contribution in [0.3, 0.4) is 0 Å². The van der Waals surface area contributed by atoms with Gasteiger partial charge in [0.15, 0.2) is 0 Å². The summed E-state index contributed by atoms with van der Waals surface area (Å²) in [5, 5.41) is 8.91. The van der Waals surface area contributed by atoms with Gasteiger partial charge < -0.3 is 11.1 Å². The van der Waals surface area contributed by atoms with E-state index in [4.69, 9.17) is 17.3 Å². The van der Waals surface area contributed by atoms with Gasteiger partial charge in [0.1, 0.15) is 4.34 Å². The second-order valence-corrected chi connectivity index (χ2v) is 8.11. The van der Waals surface area contributed by atoms with Gasteiger partial charge in [-0.15, -0.1) is 11.3 Å². The number of hydrogen-bond donors (Lipinski definition) is 2. The third kappa shape index (κ3) is 4.08. The number of nitrogens with one attached hydrogen (secondary N) is 1. The van der Waals surface area contributed by atoms with E-state index in [2.05, 4.69) is 16.5 Å². The van der Waals surface area contributed by atoms with E-state index in [-0.39, 0.29) is 0 Å². The number of aromatic nitrogens is 2. The van der Waals surface area contributed by atoms with Crippen LogP contribution in [0.2, 0.25) is 4.34 Å². The molecule has 2 heterocycles. The first-order valence-electron chi connectivity index (χ1n) is 8.41. The summed E-state index contributed by atoms with van der Waals surface area (Å²) < 4.78 is 2.64. The van der Waals surface area contributed by atoms with E-state index in [1.807, 2.05) is 17.8 Å². The number of thiophene rings is 1. The van der Waals surface area contributed by atoms with Crippen LogP contribution in [0.15, 0.2) is 18.3 Å². The monoisotopic (exact) mass is 352 g/mol. The van der Waals surface area contributed by atoms with E-state index in [1.165, 1.54) is 32.1 Å². The van der Waals surface area contributed by atoms with Crippen LogP contribution in [0.25, 0.3) is 11.3 Å². The van der Waals surface area contributed by atoms with Crippen LogP contribution in [0.1, 0.15) is 38.5 Å². The summed E-state index contributed by atoms with van der Waals surface area (Å²) >= 11 is 8.02. The minimum absolute atomic E-state index is 0.326. The highest BCUT2D eigenvalue weighted by atomic mass is 35.5. The Hall–Kier alpha value is -1.04. The molecule has 3 N–H and O–H groups in total. The maximum absolute atomic E-state index is 6.43. The van der Waals surface area contributed by atoms with Crippen LogP contribution in [-0.2, 0) is 7.05 Å². The van der Waals surface area contributed by atoms with Crippen molar-refractivity contribution in [2.24, 2.45) is 18.7 Å². The van der Waals surface area contributed by atoms with Crippen LogP contribution in [0, 0.1) is 5.92 Å². The quantitative estimate of drug-likeness (QED) is 0.804. The Kier molecular flexibility index (Phi) is 5.62. The highest BCUT2D eigenvalue weighted by Gasteiger charge is 2.19. The molecule has 0 unspecified atom stereocenters. The molecule has 0 aliphatic heterocycles. The smallest absolute Gasteiger partial charge is 0.104 e. The highest BCUT2D eigenvalue weighted by Crippen LogP contribution is 2.39. The SMILES string of the molecule is Cn1nccc1-c1cc(N[C@H](CN)CC2CCCCC2)sc1Cl. The van der Waals surface area contributed by atoms with E-state index < -0.39 is 0 Å². The minimum Gasteiger partial charge on any atom is -0.373 e. The third-order valence-electron chi connectivity index (χ3n) is 4.76. The molecule has 6 heteroatoms. The van der Waals surface area contributed by atoms with Crippen LogP contribution in [0.5, 0.6) is 0 Å². The zero-order chi connectivity index (χ0) is 16.2. The van der Waals surface area contributed by atoms with Crippen LogP contribution < -0.4 is 11.1 Å². The van der Waals surface area contributed by atoms with Crippen LogP contribution in [0.4, 0.5) is 5.00 Å². The summed E-state index contributed by atoms with van der Waals surface area (Å²) in [6, 6.07) is 4.43. The molecule has 3 rings (SSSR count). The molecule has 2 aromatic rings. The van der Waals surface area contributed by atoms with Crippen molar-refractivity contribution in [3.05, 3.63) is 22.7 Å². The molecule has 1 atom stereocenters. The van der Waals surface area contributed by atoms with Gasteiger partial charge in [0, 0.05) is 31.4 Å². The standard InChI is InChI=1S/C17H25ClN4S/c1-22-15(7-8-20-22)14-10-16(23-17(14)18)21-13(11-19)9-12-5-3-2-4-6-12/h7-8,10,12-13,21H,2-6,9,11,19H2,1H3/t13-/m0/s1. The van der Waals surface area contributed by atoms with E-state index >= 15 is 0 Å². The van der Waals surface area contributed by atoms with Crippen molar-refractivity contribution in [1.29, 1.82) is 0 Å². The topological polar surface area (TPSA) is 55.9 Å². The Morgan fingerprint density at radius 1 is 1.43 bits per heavy atom. The Balaban J connectivity index is 1.68. The zero-order valence-electron chi connectivity index (χ0n) is 13.6. The maximum atomic E-state index is 6.43. The Bertz CT molecular complexity index is 630. The predicted octanol–water partition coefficient (Wildman–Crippen LogP) is 4.51. The van der Waals surface area contributed by atoms with Gasteiger partial charge >= 0.3 is 0 Å². The lowest BCUT2D eigenvalue weighted by molar-refractivity contribution is 0.325. The molecule has 1 aliphatic rings. The molecule has 0 aromatic carbocycles. The summed E-state index contributed by atoms with van der Waals surface area (Å²) in [5.74, 6) is 0.816. The lowest BCUT2D eigenvalue weighted by Crippen LogP contribution is -2.31. The average molecular weight is 353 g/mol. The first kappa shape index (κ1) is 16.8. The summed E-state index contributed by atoms with van der Waals surface area (Å²) in [6.45, 7) is 0.660. The van der Waals surface area contributed by atoms with Crippen molar-refractivity contribution < 1.29 is 0 Å². The molecule has 4 nitrogen and oxygen atoms in total. The van der Waals surface area contributed by atoms with Crippen molar-refractivity contribution in [2.75, 3.05) is 11.9 Å². The van der Waals surface area contributed by atoms with Gasteiger partial charge in [-0.2, -0.15) is 5.10 Å². The molecule has 0 spiro atoms. The van der Waals surface area contributed by atoms with Gasteiger partial charge in [-0.1, -0.05) is 43.7 Å². The lowest BCUT2D eigenvalue weighted by Gasteiger charge is -2.26. The van der Waals surface area contributed by atoms with Crippen molar-refractivity contribution in [1.82, 2.24) is 9.78 Å². The molecule has 0 bridgehead atoms. The van der Waals surface area contributed by atoms with E-state index in [0.717, 1.165) is 32.9 Å². The van der Waals surface area contributed by atoms with E-state index in [9.17, 15) is 0 Å². The second-order valence-electron chi connectivity index (χ2n) is 6.45. The molecule has 0 saturated heterocycles. The van der Waals surface area contributed by atoms with Gasteiger partial charge in [-0.3, -0.25) is 4.68 Å². The van der Waals surface area contributed by atoms with Gasteiger partial charge in [-0.25, -0.2) is 0 Å². The van der Waals surface area contributed by atoms with E-state index in [1.54, 1.807) is 17.5 Å². The Morgan fingerprint density at radius 2 is 2.22 bits per heavy atom. The molecule has 2 aromatic heterocycles. The predicted molar refractivity (Wildman–Crippen MR) is 99.2 cm³/mol. The molecule has 1 saturated carbocycles. The van der Waals surface area contributed by atoms with Gasteiger partial charge in [0.2, 0.25) is 0 Å². The normalized spacial score (nSPS) is 17.3. The second kappa shape index (κ2) is 7.69. The first-order chi connectivity index (χ1) is 11.2. The third-order valence-corrected chi connectivity index (χ3v) is 6.05. The molecule has 126 valence electrons. The molecular weight excluding hydrogens is 328 g/mol. The summed E-state index contributed by atoms with van der Waals surface area (Å²) in [6.07, 6.45) is 9.79. The molecule has 0 amide bonds. The van der Waals surface area contributed by atoms with Gasteiger partial charge in [0.25, 0.3) is 0 Å². The summed E-state index contributed by atoms with van der Waals surface area (Å²) in [4.78, 5) is 0. The number of rotatable bonds is 6. The lowest BCUT2D eigenvalue weighted by atomic mass is 9.85. The zero-order valence-corrected chi connectivity index (χ0v) is 15.2. The number of anilines is 1. The van der Waals surface area contributed by atoms with Crippen LogP contribution >= 0.6 is 22.9 Å². The van der Waals surface area contributed by atoms with Crippen molar-refractivity contribution in [3.8, 4) is 11.3 Å². The number of nitrogens with two attached hydrogens (primary N) is 1. The van der Waals surface area contributed by atoms with Crippen molar-refractivity contribution in [3.63, 3.8) is 0 Å². The molecule has 1 aliphatic carbocycles. The average Bonchev–Trinajstić information content (AvgIpc) is 3.13. The Morgan fingerprint density at radius 3 is 2.87 bits per heavy atom. The van der Waals surface area contributed by atoms with Crippen molar-refractivity contribution >= 4 is 27.9 Å². The van der Waals surface area contributed by atoms with Gasteiger partial charge in [-0.05, 0) is 24.5 Å². The molecule has 23 heavy (non-hydrogen) atoms. The highest BCUT2D eigenvalue weighted by molar-refractivity contribution is 7.20. The summed E-state index contributed by atoms with van der Waals surface area (Å²) in [5.41, 5.74) is 8.07. The van der Waals surface area contributed by atoms with Gasteiger partial charge in [0.05, 0.1) is 10.7 Å². The molecular formula is C17H25ClN4S. The largest absolute Gasteiger partial charge is 0.373 e. The summed E-state index contributed by atoms with van der Waals surface area (Å²) in [7, 11) is 1.93. The number of halogens is 1. The molecule has 1 fully saturated rings. The van der Waals surface area contributed by atoms with Crippen molar-refractivity contribution in [2.45, 2.75) is 44.6 Å².